The molecule has 1 aromatic rings. The molecular formula is C15H22N4O5. The summed E-state index contributed by atoms with van der Waals surface area (Å²) in [6, 6.07) is 1.51. The fraction of sp³-hybridized carbons (Fsp3) is 0.667. The molecule has 0 aliphatic carbocycles. The highest BCUT2D eigenvalue weighted by molar-refractivity contribution is 5.69. The van der Waals surface area contributed by atoms with Crippen molar-refractivity contribution in [3.63, 3.8) is 0 Å². The predicted octanol–water partition coefficient (Wildman–Crippen LogP) is -0.370. The van der Waals surface area contributed by atoms with Gasteiger partial charge in [-0.1, -0.05) is 0 Å². The smallest absolute Gasteiger partial charge is 0.351 e. The molecule has 3 heterocycles. The molecule has 9 nitrogen and oxygen atoms in total. The number of nitrogens with two attached hydrogens (primary N) is 1. The standard InChI is InChI=1S/C15H22N4O5/c16-11-3-6-19(15(21)18-11)12-8-23-14(24-12)9-22-13(20)7-10-1-4-17-5-2-10/h3,6,10,12,14,17H,1-2,4-5,7-9H2,(H2,16,18,21). The topological polar surface area (TPSA) is 118 Å². The second kappa shape index (κ2) is 7.73. The lowest BCUT2D eigenvalue weighted by molar-refractivity contribution is -0.160. The predicted molar refractivity (Wildman–Crippen MR) is 83.9 cm³/mol. The molecule has 2 saturated heterocycles. The Morgan fingerprint density at radius 1 is 1.46 bits per heavy atom. The van der Waals surface area contributed by atoms with Gasteiger partial charge >= 0.3 is 11.7 Å². The van der Waals surface area contributed by atoms with Gasteiger partial charge in [0.2, 0.25) is 0 Å². The van der Waals surface area contributed by atoms with Crippen molar-refractivity contribution < 1.29 is 19.0 Å². The van der Waals surface area contributed by atoms with Crippen molar-refractivity contribution >= 4 is 11.8 Å². The van der Waals surface area contributed by atoms with Gasteiger partial charge < -0.3 is 25.3 Å². The number of carbonyl (C=O) groups is 1. The number of esters is 1. The Hall–Kier alpha value is -1.97. The fourth-order valence-electron chi connectivity index (χ4n) is 2.86. The van der Waals surface area contributed by atoms with E-state index in [0.29, 0.717) is 12.3 Å². The third kappa shape index (κ3) is 4.31. The van der Waals surface area contributed by atoms with Crippen molar-refractivity contribution in [1.82, 2.24) is 14.9 Å². The summed E-state index contributed by atoms with van der Waals surface area (Å²) in [7, 11) is 0. The van der Waals surface area contributed by atoms with Gasteiger partial charge in [0.25, 0.3) is 0 Å². The van der Waals surface area contributed by atoms with E-state index in [1.807, 2.05) is 0 Å². The minimum atomic E-state index is -0.684. The normalized spacial score (nSPS) is 24.8. The van der Waals surface area contributed by atoms with Crippen molar-refractivity contribution in [2.45, 2.75) is 31.8 Å². The number of nitrogen functional groups attached to an aromatic ring is 1. The SMILES string of the molecule is Nc1ccn(C2COC(COC(=O)CC3CCNCC3)O2)c(=O)n1. The fourth-order valence-corrected chi connectivity index (χ4v) is 2.86. The van der Waals surface area contributed by atoms with Gasteiger partial charge in [-0.05, 0) is 37.9 Å². The lowest BCUT2D eigenvalue weighted by atomic mass is 9.95. The van der Waals surface area contributed by atoms with Gasteiger partial charge in [0, 0.05) is 12.6 Å². The van der Waals surface area contributed by atoms with Crippen molar-refractivity contribution in [3.05, 3.63) is 22.7 Å². The first kappa shape index (κ1) is 16.9. The van der Waals surface area contributed by atoms with E-state index < -0.39 is 18.2 Å². The molecule has 0 radical (unpaired) electrons. The second-order valence-corrected chi connectivity index (χ2v) is 5.98. The van der Waals surface area contributed by atoms with Crippen LogP contribution in [0.2, 0.25) is 0 Å². The van der Waals surface area contributed by atoms with Crippen LogP contribution in [0.5, 0.6) is 0 Å². The molecule has 3 rings (SSSR count). The number of anilines is 1. The molecule has 0 spiro atoms. The zero-order valence-corrected chi connectivity index (χ0v) is 13.3. The maximum absolute atomic E-state index is 11.9. The van der Waals surface area contributed by atoms with Crippen LogP contribution < -0.4 is 16.7 Å². The van der Waals surface area contributed by atoms with Crippen molar-refractivity contribution in [1.29, 1.82) is 0 Å². The first-order valence-corrected chi connectivity index (χ1v) is 8.10. The van der Waals surface area contributed by atoms with E-state index >= 15 is 0 Å². The maximum atomic E-state index is 11.9. The quantitative estimate of drug-likeness (QED) is 0.698. The molecule has 2 atom stereocenters. The summed E-state index contributed by atoms with van der Waals surface area (Å²) in [4.78, 5) is 27.3. The van der Waals surface area contributed by atoms with Crippen LogP contribution in [0.3, 0.4) is 0 Å². The van der Waals surface area contributed by atoms with Crippen LogP contribution >= 0.6 is 0 Å². The first-order valence-electron chi connectivity index (χ1n) is 8.10. The number of nitrogens with one attached hydrogen (secondary N) is 1. The van der Waals surface area contributed by atoms with Crippen LogP contribution in [-0.4, -0.2) is 48.1 Å². The molecule has 2 fully saturated rings. The van der Waals surface area contributed by atoms with E-state index in [2.05, 4.69) is 10.3 Å². The monoisotopic (exact) mass is 338 g/mol. The van der Waals surface area contributed by atoms with Gasteiger partial charge in [-0.2, -0.15) is 4.98 Å². The Kier molecular flexibility index (Phi) is 5.44. The summed E-state index contributed by atoms with van der Waals surface area (Å²) in [6.45, 7) is 2.08. The molecule has 1 aromatic heterocycles. The minimum Gasteiger partial charge on any atom is -0.460 e. The average molecular weight is 338 g/mol. The van der Waals surface area contributed by atoms with E-state index in [1.54, 1.807) is 0 Å². The first-order chi connectivity index (χ1) is 11.6. The Morgan fingerprint density at radius 2 is 2.25 bits per heavy atom. The van der Waals surface area contributed by atoms with Gasteiger partial charge in [-0.15, -0.1) is 0 Å². The lowest BCUT2D eigenvalue weighted by Crippen LogP contribution is -2.30. The van der Waals surface area contributed by atoms with Gasteiger partial charge in [0.1, 0.15) is 12.4 Å². The summed E-state index contributed by atoms with van der Waals surface area (Å²) in [5.41, 5.74) is 4.95. The highest BCUT2D eigenvalue weighted by Crippen LogP contribution is 2.21. The van der Waals surface area contributed by atoms with Crippen LogP contribution in [0.1, 0.15) is 25.5 Å². The highest BCUT2D eigenvalue weighted by Gasteiger charge is 2.29. The summed E-state index contributed by atoms with van der Waals surface area (Å²) in [6.07, 6.45) is 2.61. The molecular weight excluding hydrogens is 316 g/mol. The molecule has 0 aromatic carbocycles. The Balaban J connectivity index is 1.44. The van der Waals surface area contributed by atoms with E-state index in [9.17, 15) is 9.59 Å². The molecule has 0 saturated carbocycles. The van der Waals surface area contributed by atoms with Gasteiger partial charge in [0.05, 0.1) is 6.61 Å². The maximum Gasteiger partial charge on any atom is 0.351 e. The zero-order chi connectivity index (χ0) is 16.9. The number of piperidine rings is 1. The van der Waals surface area contributed by atoms with Crippen molar-refractivity contribution in [3.8, 4) is 0 Å². The van der Waals surface area contributed by atoms with Crippen molar-refractivity contribution in [2.24, 2.45) is 5.92 Å². The molecule has 3 N–H and O–H groups in total. The molecule has 2 unspecified atom stereocenters. The molecule has 9 heteroatoms. The number of ether oxygens (including phenoxy) is 3. The van der Waals surface area contributed by atoms with Crippen LogP contribution in [0.4, 0.5) is 5.82 Å². The van der Waals surface area contributed by atoms with E-state index in [0.717, 1.165) is 25.9 Å². The molecule has 2 aliphatic rings. The Bertz CT molecular complexity index is 629. The second-order valence-electron chi connectivity index (χ2n) is 5.98. The summed E-state index contributed by atoms with van der Waals surface area (Å²) in [5, 5.41) is 3.26. The number of carbonyl (C=O) groups excluding carboxylic acids is 1. The van der Waals surface area contributed by atoms with Crippen LogP contribution in [0.25, 0.3) is 0 Å². The van der Waals surface area contributed by atoms with Gasteiger partial charge in [-0.25, -0.2) is 4.79 Å². The number of aromatic nitrogens is 2. The lowest BCUT2D eigenvalue weighted by Gasteiger charge is -2.21. The third-order valence-electron chi connectivity index (χ3n) is 4.19. The molecule has 0 bridgehead atoms. The number of hydrogen-bond acceptors (Lipinski definition) is 8. The van der Waals surface area contributed by atoms with Crippen LogP contribution in [0, 0.1) is 5.92 Å². The van der Waals surface area contributed by atoms with E-state index in [4.69, 9.17) is 19.9 Å². The largest absolute Gasteiger partial charge is 0.460 e. The summed E-state index contributed by atoms with van der Waals surface area (Å²) >= 11 is 0. The van der Waals surface area contributed by atoms with Gasteiger partial charge in [0.15, 0.2) is 12.5 Å². The van der Waals surface area contributed by atoms with E-state index in [-0.39, 0.29) is 25.0 Å². The van der Waals surface area contributed by atoms with Crippen molar-refractivity contribution in [2.75, 3.05) is 32.0 Å². The molecule has 2 aliphatic heterocycles. The van der Waals surface area contributed by atoms with E-state index in [1.165, 1.54) is 16.8 Å². The Morgan fingerprint density at radius 3 is 3.00 bits per heavy atom. The molecule has 24 heavy (non-hydrogen) atoms. The molecule has 132 valence electrons. The number of hydrogen-bond donors (Lipinski definition) is 2. The van der Waals surface area contributed by atoms with Crippen LogP contribution in [-0.2, 0) is 19.0 Å². The summed E-state index contributed by atoms with van der Waals surface area (Å²) < 4.78 is 17.5. The third-order valence-corrected chi connectivity index (χ3v) is 4.19. The minimum absolute atomic E-state index is 0.0114. The van der Waals surface area contributed by atoms with Gasteiger partial charge in [-0.3, -0.25) is 9.36 Å². The average Bonchev–Trinajstić information content (AvgIpc) is 3.02. The highest BCUT2D eigenvalue weighted by atomic mass is 16.7. The van der Waals surface area contributed by atoms with Crippen LogP contribution in [0.15, 0.2) is 17.1 Å². The number of nitrogens with zero attached hydrogens (tertiary/aromatic N) is 2. The Labute approximate surface area is 139 Å². The summed E-state index contributed by atoms with van der Waals surface area (Å²) in [5.74, 6) is 0.277. The molecule has 0 amide bonds. The number of rotatable bonds is 5. The zero-order valence-electron chi connectivity index (χ0n) is 13.3.